The summed E-state index contributed by atoms with van der Waals surface area (Å²) in [5.41, 5.74) is 0.744. The topological polar surface area (TPSA) is 28.2 Å². The molecule has 2 heterocycles. The average Bonchev–Trinajstić information content (AvgIpc) is 2.98. The molecule has 2 aliphatic rings. The van der Waals surface area contributed by atoms with Crippen LogP contribution in [0.1, 0.15) is 51.0 Å². The second-order valence-electron chi connectivity index (χ2n) is 6.38. The van der Waals surface area contributed by atoms with Crippen molar-refractivity contribution >= 4 is 5.82 Å². The van der Waals surface area contributed by atoms with Crippen LogP contribution < -0.4 is 10.2 Å². The highest BCUT2D eigenvalue weighted by Crippen LogP contribution is 2.39. The van der Waals surface area contributed by atoms with E-state index in [0.29, 0.717) is 18.4 Å². The van der Waals surface area contributed by atoms with Crippen LogP contribution in [0.25, 0.3) is 0 Å². The molecule has 1 N–H and O–H groups in total. The number of hydrogen-bond acceptors (Lipinski definition) is 3. The zero-order chi connectivity index (χ0) is 14.7. The van der Waals surface area contributed by atoms with Gasteiger partial charge in [-0.2, -0.15) is 0 Å². The number of halogens is 1. The van der Waals surface area contributed by atoms with Gasteiger partial charge in [-0.25, -0.2) is 9.37 Å². The molecule has 3 rings (SSSR count). The van der Waals surface area contributed by atoms with Gasteiger partial charge in [0, 0.05) is 30.9 Å². The quantitative estimate of drug-likeness (QED) is 0.842. The molecule has 0 amide bonds. The maximum Gasteiger partial charge on any atom is 0.170 e. The SMILES string of the molecule is CCCNCc1ccnc(N2CCCC3CCCC32)c1F. The van der Waals surface area contributed by atoms with Crippen molar-refractivity contribution in [3.63, 3.8) is 0 Å². The normalized spacial score (nSPS) is 25.1. The standard InChI is InChI=1S/C17H26FN3/c1-2-9-19-12-14-8-10-20-17(16(14)18)21-11-4-6-13-5-3-7-15(13)21/h8,10,13,15,19H,2-7,9,11-12H2,1H3. The molecule has 1 saturated heterocycles. The lowest BCUT2D eigenvalue weighted by molar-refractivity contribution is 0.356. The van der Waals surface area contributed by atoms with Gasteiger partial charge in [0.25, 0.3) is 0 Å². The maximum atomic E-state index is 14.8. The Hall–Kier alpha value is -1.16. The van der Waals surface area contributed by atoms with Crippen LogP contribution in [0, 0.1) is 11.7 Å². The smallest absolute Gasteiger partial charge is 0.170 e. The molecule has 0 bridgehead atoms. The molecular formula is C17H26FN3. The molecule has 21 heavy (non-hydrogen) atoms. The fourth-order valence-electron chi connectivity index (χ4n) is 3.92. The van der Waals surface area contributed by atoms with Gasteiger partial charge in [0.2, 0.25) is 0 Å². The number of anilines is 1. The Morgan fingerprint density at radius 2 is 2.19 bits per heavy atom. The van der Waals surface area contributed by atoms with E-state index in [-0.39, 0.29) is 5.82 Å². The molecule has 1 aromatic rings. The summed E-state index contributed by atoms with van der Waals surface area (Å²) < 4.78 is 14.8. The van der Waals surface area contributed by atoms with Crippen LogP contribution in [0.15, 0.2) is 12.3 Å². The van der Waals surface area contributed by atoms with Gasteiger partial charge in [0.05, 0.1) is 0 Å². The van der Waals surface area contributed by atoms with Crippen LogP contribution in [-0.4, -0.2) is 24.1 Å². The number of nitrogens with one attached hydrogen (secondary N) is 1. The van der Waals surface area contributed by atoms with Crippen molar-refractivity contribution in [3.8, 4) is 0 Å². The van der Waals surface area contributed by atoms with Gasteiger partial charge >= 0.3 is 0 Å². The Morgan fingerprint density at radius 3 is 3.05 bits per heavy atom. The van der Waals surface area contributed by atoms with E-state index in [1.54, 1.807) is 12.3 Å². The van der Waals surface area contributed by atoms with Crippen LogP contribution in [-0.2, 0) is 6.54 Å². The number of aromatic nitrogens is 1. The zero-order valence-electron chi connectivity index (χ0n) is 12.9. The van der Waals surface area contributed by atoms with E-state index in [9.17, 15) is 4.39 Å². The predicted octanol–water partition coefficient (Wildman–Crippen LogP) is 3.49. The molecule has 0 spiro atoms. The van der Waals surface area contributed by atoms with Crippen molar-refractivity contribution in [3.05, 3.63) is 23.6 Å². The molecule has 1 aliphatic carbocycles. The first-order valence-electron chi connectivity index (χ1n) is 8.42. The molecule has 1 aliphatic heterocycles. The van der Waals surface area contributed by atoms with E-state index in [4.69, 9.17) is 0 Å². The summed E-state index contributed by atoms with van der Waals surface area (Å²) in [4.78, 5) is 6.62. The largest absolute Gasteiger partial charge is 0.351 e. The van der Waals surface area contributed by atoms with E-state index in [2.05, 4.69) is 22.1 Å². The molecule has 2 fully saturated rings. The molecule has 0 aromatic carbocycles. The highest BCUT2D eigenvalue weighted by atomic mass is 19.1. The molecule has 3 nitrogen and oxygen atoms in total. The van der Waals surface area contributed by atoms with Gasteiger partial charge in [-0.15, -0.1) is 0 Å². The summed E-state index contributed by atoms with van der Waals surface area (Å²) in [6.07, 6.45) is 9.09. The lowest BCUT2D eigenvalue weighted by Gasteiger charge is -2.38. The zero-order valence-corrected chi connectivity index (χ0v) is 12.9. The fourth-order valence-corrected chi connectivity index (χ4v) is 3.92. The summed E-state index contributed by atoms with van der Waals surface area (Å²) in [6, 6.07) is 2.32. The van der Waals surface area contributed by atoms with E-state index in [1.807, 2.05) is 0 Å². The fraction of sp³-hybridized carbons (Fsp3) is 0.706. The lowest BCUT2D eigenvalue weighted by Crippen LogP contribution is -2.43. The second-order valence-corrected chi connectivity index (χ2v) is 6.38. The van der Waals surface area contributed by atoms with Gasteiger partial charge in [-0.3, -0.25) is 0 Å². The van der Waals surface area contributed by atoms with Crippen molar-refractivity contribution < 1.29 is 4.39 Å². The lowest BCUT2D eigenvalue weighted by atomic mass is 9.92. The highest BCUT2D eigenvalue weighted by Gasteiger charge is 2.36. The van der Waals surface area contributed by atoms with Crippen molar-refractivity contribution in [2.24, 2.45) is 5.92 Å². The Balaban J connectivity index is 1.79. The number of piperidine rings is 1. The number of nitrogens with zero attached hydrogens (tertiary/aromatic N) is 2. The van der Waals surface area contributed by atoms with Gasteiger partial charge < -0.3 is 10.2 Å². The first kappa shape index (κ1) is 14.8. The molecular weight excluding hydrogens is 265 g/mol. The third-order valence-electron chi connectivity index (χ3n) is 4.96. The molecule has 2 atom stereocenters. The van der Waals surface area contributed by atoms with Crippen LogP contribution >= 0.6 is 0 Å². The Kier molecular flexibility index (Phi) is 4.73. The first-order valence-corrected chi connectivity index (χ1v) is 8.42. The summed E-state index contributed by atoms with van der Waals surface area (Å²) in [5.74, 6) is 1.22. The Morgan fingerprint density at radius 1 is 1.33 bits per heavy atom. The van der Waals surface area contributed by atoms with E-state index in [1.165, 1.54) is 32.1 Å². The van der Waals surface area contributed by atoms with Gasteiger partial charge in [0.15, 0.2) is 11.6 Å². The summed E-state index contributed by atoms with van der Waals surface area (Å²) in [7, 11) is 0. The third kappa shape index (κ3) is 3.05. The number of pyridine rings is 1. The monoisotopic (exact) mass is 291 g/mol. The number of hydrogen-bond donors (Lipinski definition) is 1. The molecule has 1 saturated carbocycles. The van der Waals surface area contributed by atoms with E-state index >= 15 is 0 Å². The third-order valence-corrected chi connectivity index (χ3v) is 4.96. The minimum atomic E-state index is -0.117. The Bertz CT molecular complexity index is 477. The van der Waals surface area contributed by atoms with Crippen molar-refractivity contribution in [1.29, 1.82) is 0 Å². The Labute approximate surface area is 126 Å². The minimum absolute atomic E-state index is 0.117. The summed E-state index contributed by atoms with van der Waals surface area (Å²) >= 11 is 0. The van der Waals surface area contributed by atoms with Crippen LogP contribution in [0.3, 0.4) is 0 Å². The first-order chi connectivity index (χ1) is 10.3. The molecule has 1 aromatic heterocycles. The van der Waals surface area contributed by atoms with Gasteiger partial charge in [-0.1, -0.05) is 13.3 Å². The molecule has 116 valence electrons. The summed E-state index contributed by atoms with van der Waals surface area (Å²) in [6.45, 7) is 4.59. The van der Waals surface area contributed by atoms with Crippen LogP contribution in [0.5, 0.6) is 0 Å². The number of fused-ring (bicyclic) bond motifs is 1. The highest BCUT2D eigenvalue weighted by molar-refractivity contribution is 5.45. The molecule has 2 unspecified atom stereocenters. The molecule has 0 radical (unpaired) electrons. The number of rotatable bonds is 5. The van der Waals surface area contributed by atoms with E-state index < -0.39 is 0 Å². The van der Waals surface area contributed by atoms with E-state index in [0.717, 1.165) is 31.0 Å². The van der Waals surface area contributed by atoms with Gasteiger partial charge in [0.1, 0.15) is 0 Å². The van der Waals surface area contributed by atoms with Crippen molar-refractivity contribution in [2.45, 2.75) is 58.0 Å². The minimum Gasteiger partial charge on any atom is -0.351 e. The van der Waals surface area contributed by atoms with Gasteiger partial charge in [-0.05, 0) is 50.6 Å². The van der Waals surface area contributed by atoms with Crippen molar-refractivity contribution in [1.82, 2.24) is 10.3 Å². The van der Waals surface area contributed by atoms with Crippen LogP contribution in [0.2, 0.25) is 0 Å². The predicted molar refractivity (Wildman–Crippen MR) is 83.9 cm³/mol. The van der Waals surface area contributed by atoms with Crippen LogP contribution in [0.4, 0.5) is 10.2 Å². The van der Waals surface area contributed by atoms with Crippen molar-refractivity contribution in [2.75, 3.05) is 18.0 Å². The maximum absolute atomic E-state index is 14.8. The average molecular weight is 291 g/mol. The summed E-state index contributed by atoms with van der Waals surface area (Å²) in [5, 5.41) is 3.28. The second kappa shape index (κ2) is 6.73. The molecule has 4 heteroatoms.